The lowest BCUT2D eigenvalue weighted by Crippen LogP contribution is -2.29. The molecule has 0 saturated carbocycles. The molecule has 0 amide bonds. The van der Waals surface area contributed by atoms with E-state index >= 15 is 0 Å². The molecule has 10 heteroatoms. The molecule has 0 saturated heterocycles. The number of hydrogen-bond donors (Lipinski definition) is 6. The number of ether oxygens (including phenoxy) is 1. The zero-order chi connectivity index (χ0) is 22.9. The predicted molar refractivity (Wildman–Crippen MR) is 105 cm³/mol. The Morgan fingerprint density at radius 3 is 2.06 bits per heavy atom. The zero-order valence-corrected chi connectivity index (χ0v) is 15.6. The van der Waals surface area contributed by atoms with Crippen molar-refractivity contribution < 1.29 is 49.8 Å². The summed E-state index contributed by atoms with van der Waals surface area (Å²) in [7, 11) is 0. The minimum Gasteiger partial charge on any atom is -0.504 e. The van der Waals surface area contributed by atoms with Gasteiger partial charge in [-0.2, -0.15) is 0 Å². The molecule has 0 heterocycles. The Morgan fingerprint density at radius 1 is 0.806 bits per heavy atom. The highest BCUT2D eigenvalue weighted by molar-refractivity contribution is 6.04. The van der Waals surface area contributed by atoms with E-state index in [4.69, 9.17) is 14.9 Å². The molecule has 0 fully saturated rings. The Kier molecular flexibility index (Phi) is 5.56. The highest BCUT2D eigenvalue weighted by atomic mass is 16.6. The fraction of sp³-hybridized carbons (Fsp3) is 0.0952. The van der Waals surface area contributed by atoms with Crippen LogP contribution in [0.2, 0.25) is 0 Å². The maximum Gasteiger partial charge on any atom is 0.345 e. The first kappa shape index (κ1) is 21.2. The number of hydrogen-bond acceptors (Lipinski definition) is 8. The third-order valence-corrected chi connectivity index (χ3v) is 4.45. The number of carboxylic acid groups (broad SMARTS) is 2. The van der Waals surface area contributed by atoms with Crippen molar-refractivity contribution in [2.24, 2.45) is 0 Å². The van der Waals surface area contributed by atoms with Gasteiger partial charge in [0.2, 0.25) is 6.10 Å². The molecule has 0 radical (unpaired) electrons. The summed E-state index contributed by atoms with van der Waals surface area (Å²) in [6, 6.07) is 8.77. The van der Waals surface area contributed by atoms with Crippen molar-refractivity contribution in [2.75, 3.05) is 0 Å². The number of phenolic OH excluding ortho intramolecular Hbond substituents is 4. The molecule has 0 bridgehead atoms. The fourth-order valence-corrected chi connectivity index (χ4v) is 2.97. The van der Waals surface area contributed by atoms with Gasteiger partial charge in [-0.05, 0) is 58.3 Å². The summed E-state index contributed by atoms with van der Waals surface area (Å²) in [5.74, 6) is -6.00. The van der Waals surface area contributed by atoms with Crippen LogP contribution in [0.25, 0.3) is 21.9 Å². The standard InChI is InChI=1S/C21H16O10/c22-14-2-1-9(5-15(14)23)12-4-11(3-10-6-16(24)17(25)7-13(10)12)21(30)31-18(20(28)29)8-19(26)27/h1-7,18,22-25H,8H2,(H,26,27)(H,28,29). The van der Waals surface area contributed by atoms with Gasteiger partial charge in [-0.1, -0.05) is 6.07 Å². The summed E-state index contributed by atoms with van der Waals surface area (Å²) in [5, 5.41) is 57.6. The smallest absolute Gasteiger partial charge is 0.345 e. The molecule has 0 aliphatic heterocycles. The van der Waals surface area contributed by atoms with Gasteiger partial charge in [-0.25, -0.2) is 9.59 Å². The first-order valence-corrected chi connectivity index (χ1v) is 8.74. The number of rotatable bonds is 6. The molecule has 1 atom stereocenters. The van der Waals surface area contributed by atoms with Gasteiger partial charge in [-0.3, -0.25) is 4.79 Å². The number of carbonyl (C=O) groups excluding carboxylic acids is 1. The van der Waals surface area contributed by atoms with E-state index in [1.54, 1.807) is 0 Å². The lowest BCUT2D eigenvalue weighted by molar-refractivity contribution is -0.153. The monoisotopic (exact) mass is 428 g/mol. The number of aromatic hydroxyl groups is 4. The number of aliphatic carboxylic acids is 2. The number of benzene rings is 3. The summed E-state index contributed by atoms with van der Waals surface area (Å²) >= 11 is 0. The van der Waals surface area contributed by atoms with E-state index in [0.29, 0.717) is 10.9 Å². The Bertz CT molecular complexity index is 1210. The summed E-state index contributed by atoms with van der Waals surface area (Å²) < 4.78 is 4.82. The van der Waals surface area contributed by atoms with Crippen molar-refractivity contribution in [1.82, 2.24) is 0 Å². The van der Waals surface area contributed by atoms with Crippen LogP contribution in [-0.2, 0) is 14.3 Å². The topological polar surface area (TPSA) is 182 Å². The number of carboxylic acids is 2. The molecule has 0 aliphatic rings. The van der Waals surface area contributed by atoms with Crippen LogP contribution in [0.1, 0.15) is 16.8 Å². The van der Waals surface area contributed by atoms with Crippen LogP contribution in [-0.4, -0.2) is 54.7 Å². The Morgan fingerprint density at radius 2 is 1.45 bits per heavy atom. The van der Waals surface area contributed by atoms with Crippen LogP contribution >= 0.6 is 0 Å². The molecule has 6 N–H and O–H groups in total. The quantitative estimate of drug-likeness (QED) is 0.252. The molecule has 0 aliphatic carbocycles. The number of fused-ring (bicyclic) bond motifs is 1. The maximum absolute atomic E-state index is 12.6. The lowest BCUT2D eigenvalue weighted by Gasteiger charge is -2.15. The molecule has 160 valence electrons. The zero-order valence-electron chi connectivity index (χ0n) is 15.6. The molecular weight excluding hydrogens is 412 g/mol. The van der Waals surface area contributed by atoms with E-state index in [-0.39, 0.29) is 22.3 Å². The van der Waals surface area contributed by atoms with Gasteiger partial charge in [0, 0.05) is 0 Å². The van der Waals surface area contributed by atoms with Gasteiger partial charge < -0.3 is 35.4 Å². The van der Waals surface area contributed by atoms with Gasteiger partial charge in [0.05, 0.1) is 12.0 Å². The summed E-state index contributed by atoms with van der Waals surface area (Å²) in [5.41, 5.74) is 0.428. The van der Waals surface area contributed by atoms with Gasteiger partial charge >= 0.3 is 17.9 Å². The average molecular weight is 428 g/mol. The maximum atomic E-state index is 12.6. The minimum atomic E-state index is -1.92. The molecule has 3 aromatic rings. The molecule has 0 spiro atoms. The van der Waals surface area contributed by atoms with Crippen LogP contribution in [0.5, 0.6) is 23.0 Å². The molecule has 3 aromatic carbocycles. The van der Waals surface area contributed by atoms with E-state index in [1.807, 2.05) is 0 Å². The second kappa shape index (κ2) is 8.11. The highest BCUT2D eigenvalue weighted by Crippen LogP contribution is 2.39. The van der Waals surface area contributed by atoms with Crippen molar-refractivity contribution >= 4 is 28.7 Å². The normalized spacial score (nSPS) is 11.7. The van der Waals surface area contributed by atoms with Crippen molar-refractivity contribution in [1.29, 1.82) is 0 Å². The van der Waals surface area contributed by atoms with Gasteiger partial charge in [0.25, 0.3) is 0 Å². The Hall–Kier alpha value is -4.47. The van der Waals surface area contributed by atoms with E-state index in [2.05, 4.69) is 0 Å². The fourth-order valence-electron chi connectivity index (χ4n) is 2.97. The first-order chi connectivity index (χ1) is 14.6. The SMILES string of the molecule is O=C(O)CC(OC(=O)c1cc(-c2ccc(O)c(O)c2)c2cc(O)c(O)cc2c1)C(=O)O. The van der Waals surface area contributed by atoms with E-state index in [9.17, 15) is 34.8 Å². The first-order valence-electron chi connectivity index (χ1n) is 8.74. The second-order valence-corrected chi connectivity index (χ2v) is 6.62. The van der Waals surface area contributed by atoms with Crippen molar-refractivity contribution in [2.45, 2.75) is 12.5 Å². The van der Waals surface area contributed by atoms with E-state index in [1.165, 1.54) is 36.4 Å². The third-order valence-electron chi connectivity index (χ3n) is 4.45. The molecular formula is C21H16O10. The summed E-state index contributed by atoms with van der Waals surface area (Å²) in [4.78, 5) is 34.6. The summed E-state index contributed by atoms with van der Waals surface area (Å²) in [6.45, 7) is 0. The highest BCUT2D eigenvalue weighted by Gasteiger charge is 2.26. The number of carbonyl (C=O) groups is 3. The van der Waals surface area contributed by atoms with Crippen LogP contribution in [0, 0.1) is 0 Å². The van der Waals surface area contributed by atoms with Crippen LogP contribution in [0.4, 0.5) is 0 Å². The van der Waals surface area contributed by atoms with E-state index in [0.717, 1.165) is 6.07 Å². The molecule has 1 unspecified atom stereocenters. The van der Waals surface area contributed by atoms with Crippen LogP contribution < -0.4 is 0 Å². The number of esters is 1. The van der Waals surface area contributed by atoms with Crippen molar-refractivity contribution in [3.05, 3.63) is 48.0 Å². The molecule has 31 heavy (non-hydrogen) atoms. The van der Waals surface area contributed by atoms with Gasteiger partial charge in [-0.15, -0.1) is 0 Å². The van der Waals surface area contributed by atoms with Crippen molar-refractivity contribution in [3.63, 3.8) is 0 Å². The van der Waals surface area contributed by atoms with E-state index < -0.39 is 47.7 Å². The second-order valence-electron chi connectivity index (χ2n) is 6.62. The van der Waals surface area contributed by atoms with Crippen LogP contribution in [0.3, 0.4) is 0 Å². The van der Waals surface area contributed by atoms with Crippen molar-refractivity contribution in [3.8, 4) is 34.1 Å². The molecule has 3 rings (SSSR count). The summed E-state index contributed by atoms with van der Waals surface area (Å²) in [6.07, 6.45) is -2.86. The molecule has 10 nitrogen and oxygen atoms in total. The predicted octanol–water partition coefficient (Wildman–Crippen LogP) is 2.41. The average Bonchev–Trinajstić information content (AvgIpc) is 2.69. The van der Waals surface area contributed by atoms with Gasteiger partial charge in [0.1, 0.15) is 0 Å². The Labute approximate surface area is 173 Å². The lowest BCUT2D eigenvalue weighted by atomic mass is 9.94. The van der Waals surface area contributed by atoms with Crippen LogP contribution in [0.15, 0.2) is 42.5 Å². The van der Waals surface area contributed by atoms with Gasteiger partial charge in [0.15, 0.2) is 23.0 Å². The largest absolute Gasteiger partial charge is 0.504 e. The number of phenols is 4. The minimum absolute atomic E-state index is 0.170. The third kappa shape index (κ3) is 4.42. The Balaban J connectivity index is 2.15. The molecule has 0 aromatic heterocycles.